The fourth-order valence-electron chi connectivity index (χ4n) is 1.74. The van der Waals surface area contributed by atoms with Crippen molar-refractivity contribution >= 4 is 0 Å². The smallest absolute Gasteiger partial charge is 0.106 e. The Balaban J connectivity index is 2.27. The van der Waals surface area contributed by atoms with E-state index in [9.17, 15) is 5.11 Å². The van der Waals surface area contributed by atoms with E-state index in [1.165, 1.54) is 0 Å². The van der Waals surface area contributed by atoms with Gasteiger partial charge >= 0.3 is 0 Å². The molecule has 0 bridgehead atoms. The topological polar surface area (TPSA) is 48.9 Å². The molecular weight excluding hydrogens is 140 g/mol. The van der Waals surface area contributed by atoms with Crippen molar-refractivity contribution < 1.29 is 5.11 Å². The normalized spacial score (nSPS) is 22.3. The number of aliphatic hydroxyl groups is 1. The zero-order valence-electron chi connectivity index (χ0n) is 6.38. The van der Waals surface area contributed by atoms with Gasteiger partial charge in [-0.15, -0.1) is 0 Å². The van der Waals surface area contributed by atoms with Crippen LogP contribution in [-0.2, 0) is 5.60 Å². The fraction of sp³-hybridized carbons (Fsp3) is 0.625. The molecule has 2 rings (SSSR count). The molecule has 1 aromatic heterocycles. The van der Waals surface area contributed by atoms with Crippen molar-refractivity contribution in [3.05, 3.63) is 18.2 Å². The molecule has 0 radical (unpaired) electrons. The molecule has 3 heteroatoms. The Morgan fingerprint density at radius 1 is 1.45 bits per heavy atom. The predicted octanol–water partition coefficient (Wildman–Crippen LogP) is 1.17. The van der Waals surface area contributed by atoms with Crippen LogP contribution in [0.3, 0.4) is 0 Å². The van der Waals surface area contributed by atoms with Crippen LogP contribution in [0.1, 0.15) is 31.4 Å². The minimum Gasteiger partial charge on any atom is -0.384 e. The van der Waals surface area contributed by atoms with Gasteiger partial charge in [0.2, 0.25) is 0 Å². The fourth-order valence-corrected chi connectivity index (χ4v) is 1.74. The molecule has 0 spiro atoms. The first kappa shape index (κ1) is 6.85. The number of H-pyrrole nitrogens is 1. The van der Waals surface area contributed by atoms with Crippen molar-refractivity contribution in [2.45, 2.75) is 31.3 Å². The molecule has 0 unspecified atom stereocenters. The maximum absolute atomic E-state index is 9.98. The molecule has 11 heavy (non-hydrogen) atoms. The average Bonchev–Trinajstić information content (AvgIpc) is 2.55. The van der Waals surface area contributed by atoms with Crippen LogP contribution in [-0.4, -0.2) is 15.1 Å². The van der Waals surface area contributed by atoms with Crippen LogP contribution in [0.5, 0.6) is 0 Å². The molecule has 1 heterocycles. The van der Waals surface area contributed by atoms with Crippen molar-refractivity contribution in [1.29, 1.82) is 0 Å². The average molecular weight is 152 g/mol. The number of aromatic nitrogens is 2. The second kappa shape index (κ2) is 2.34. The number of hydrogen-bond donors (Lipinski definition) is 2. The summed E-state index contributed by atoms with van der Waals surface area (Å²) in [5.74, 6) is 0. The van der Waals surface area contributed by atoms with Gasteiger partial charge in [0.25, 0.3) is 0 Å². The van der Waals surface area contributed by atoms with Gasteiger partial charge < -0.3 is 10.1 Å². The van der Waals surface area contributed by atoms with Crippen LogP contribution in [0.25, 0.3) is 0 Å². The Morgan fingerprint density at radius 2 is 2.18 bits per heavy atom. The molecule has 0 saturated heterocycles. The largest absolute Gasteiger partial charge is 0.384 e. The van der Waals surface area contributed by atoms with Crippen LogP contribution in [0.4, 0.5) is 0 Å². The third-order valence-electron chi connectivity index (χ3n) is 2.43. The number of imidazole rings is 1. The summed E-state index contributed by atoms with van der Waals surface area (Å²) in [7, 11) is 0. The summed E-state index contributed by atoms with van der Waals surface area (Å²) in [5.41, 5.74) is 0.270. The maximum Gasteiger partial charge on any atom is 0.106 e. The van der Waals surface area contributed by atoms with E-state index in [1.807, 2.05) is 0 Å². The highest BCUT2D eigenvalue weighted by atomic mass is 16.3. The monoisotopic (exact) mass is 152 g/mol. The Hall–Kier alpha value is -0.830. The van der Waals surface area contributed by atoms with Gasteiger partial charge in [-0.25, -0.2) is 4.98 Å². The summed E-state index contributed by atoms with van der Waals surface area (Å²) in [6.07, 6.45) is 7.31. The lowest BCUT2D eigenvalue weighted by molar-refractivity contribution is 0.0404. The van der Waals surface area contributed by atoms with Crippen LogP contribution >= 0.6 is 0 Å². The standard InChI is InChI=1S/C8H12N2O/c11-8(3-1-2-4-8)7-5-9-6-10-7/h5-6,11H,1-4H2,(H,9,10). The Bertz CT molecular complexity index is 224. The van der Waals surface area contributed by atoms with Gasteiger partial charge in [0.15, 0.2) is 0 Å². The number of aromatic amines is 1. The molecule has 0 aliphatic heterocycles. The van der Waals surface area contributed by atoms with E-state index in [4.69, 9.17) is 0 Å². The molecule has 2 N–H and O–H groups in total. The Kier molecular flexibility index (Phi) is 1.46. The van der Waals surface area contributed by atoms with Crippen molar-refractivity contribution in [1.82, 2.24) is 9.97 Å². The Labute approximate surface area is 65.5 Å². The quantitative estimate of drug-likeness (QED) is 0.634. The number of rotatable bonds is 1. The first-order chi connectivity index (χ1) is 5.31. The number of nitrogens with one attached hydrogen (secondary N) is 1. The number of nitrogens with zero attached hydrogens (tertiary/aromatic N) is 1. The summed E-state index contributed by atoms with van der Waals surface area (Å²) in [4.78, 5) is 6.85. The van der Waals surface area contributed by atoms with Crippen LogP contribution in [0, 0.1) is 0 Å². The summed E-state index contributed by atoms with van der Waals surface area (Å²) in [6.45, 7) is 0. The molecule has 0 amide bonds. The van der Waals surface area contributed by atoms with Gasteiger partial charge in [0, 0.05) is 0 Å². The minimum atomic E-state index is -0.601. The second-order valence-electron chi connectivity index (χ2n) is 3.20. The van der Waals surface area contributed by atoms with Gasteiger partial charge in [-0.3, -0.25) is 0 Å². The third-order valence-corrected chi connectivity index (χ3v) is 2.43. The van der Waals surface area contributed by atoms with Gasteiger partial charge in [-0.05, 0) is 12.8 Å². The van der Waals surface area contributed by atoms with E-state index in [-0.39, 0.29) is 0 Å². The zero-order chi connectivity index (χ0) is 7.73. The first-order valence-corrected chi connectivity index (χ1v) is 4.02. The second-order valence-corrected chi connectivity index (χ2v) is 3.20. The molecule has 60 valence electrons. The van der Waals surface area contributed by atoms with E-state index in [1.54, 1.807) is 12.5 Å². The summed E-state index contributed by atoms with van der Waals surface area (Å²) >= 11 is 0. The minimum absolute atomic E-state index is 0.601. The summed E-state index contributed by atoms with van der Waals surface area (Å²) in [5, 5.41) is 9.98. The lowest BCUT2D eigenvalue weighted by Gasteiger charge is -2.19. The van der Waals surface area contributed by atoms with E-state index < -0.39 is 5.60 Å². The van der Waals surface area contributed by atoms with E-state index in [0.717, 1.165) is 31.4 Å². The molecule has 3 nitrogen and oxygen atoms in total. The van der Waals surface area contributed by atoms with Crippen molar-refractivity contribution in [3.8, 4) is 0 Å². The molecule has 1 fully saturated rings. The predicted molar refractivity (Wildman–Crippen MR) is 41.0 cm³/mol. The van der Waals surface area contributed by atoms with Gasteiger partial charge in [-0.2, -0.15) is 0 Å². The molecule has 0 atom stereocenters. The molecule has 1 saturated carbocycles. The molecular formula is C8H12N2O. The lowest BCUT2D eigenvalue weighted by atomic mass is 9.99. The van der Waals surface area contributed by atoms with Gasteiger partial charge in [0.1, 0.15) is 5.60 Å². The van der Waals surface area contributed by atoms with E-state index in [0.29, 0.717) is 0 Å². The van der Waals surface area contributed by atoms with Gasteiger partial charge in [-0.1, -0.05) is 12.8 Å². The highest BCUT2D eigenvalue weighted by Gasteiger charge is 2.33. The van der Waals surface area contributed by atoms with E-state index >= 15 is 0 Å². The third kappa shape index (κ3) is 1.05. The molecule has 1 aliphatic carbocycles. The van der Waals surface area contributed by atoms with Crippen LogP contribution < -0.4 is 0 Å². The summed E-state index contributed by atoms with van der Waals surface area (Å²) < 4.78 is 0. The SMILES string of the molecule is OC1(c2cnc[nH]2)CCCC1. The van der Waals surface area contributed by atoms with Crippen molar-refractivity contribution in [3.63, 3.8) is 0 Å². The Morgan fingerprint density at radius 3 is 2.73 bits per heavy atom. The van der Waals surface area contributed by atoms with Crippen molar-refractivity contribution in [2.24, 2.45) is 0 Å². The van der Waals surface area contributed by atoms with Crippen LogP contribution in [0.2, 0.25) is 0 Å². The molecule has 0 aromatic carbocycles. The first-order valence-electron chi connectivity index (χ1n) is 4.02. The van der Waals surface area contributed by atoms with Crippen LogP contribution in [0.15, 0.2) is 12.5 Å². The molecule has 1 aliphatic rings. The highest BCUT2D eigenvalue weighted by Crippen LogP contribution is 2.36. The highest BCUT2D eigenvalue weighted by molar-refractivity contribution is 5.09. The maximum atomic E-state index is 9.98. The van der Waals surface area contributed by atoms with E-state index in [2.05, 4.69) is 9.97 Å². The van der Waals surface area contributed by atoms with Crippen molar-refractivity contribution in [2.75, 3.05) is 0 Å². The summed E-state index contributed by atoms with van der Waals surface area (Å²) in [6, 6.07) is 0. The lowest BCUT2D eigenvalue weighted by Crippen LogP contribution is -2.21. The number of hydrogen-bond acceptors (Lipinski definition) is 2. The van der Waals surface area contributed by atoms with Gasteiger partial charge in [0.05, 0.1) is 18.2 Å². The molecule has 1 aromatic rings. The zero-order valence-corrected chi connectivity index (χ0v) is 6.38.